The van der Waals surface area contributed by atoms with E-state index in [-0.39, 0.29) is 16.1 Å². The molecule has 0 saturated carbocycles. The van der Waals surface area contributed by atoms with Gasteiger partial charge in [-0.05, 0) is 36.1 Å². The van der Waals surface area contributed by atoms with Crippen LogP contribution in [0.2, 0.25) is 0 Å². The SMILES string of the molecule is CCC1=CC=C2OC(CC3N=C4C(=CC=C(CC)C4=S(=O)=O)O3)N=C2C1=S(=O)=O. The van der Waals surface area contributed by atoms with Gasteiger partial charge in [0.2, 0.25) is 20.6 Å². The van der Waals surface area contributed by atoms with Crippen molar-refractivity contribution in [3.63, 3.8) is 0 Å². The maximum atomic E-state index is 11.7. The van der Waals surface area contributed by atoms with E-state index in [2.05, 4.69) is 9.98 Å². The monoisotopic (exact) mass is 434 g/mol. The lowest BCUT2D eigenvalue weighted by atomic mass is 10.00. The van der Waals surface area contributed by atoms with Gasteiger partial charge < -0.3 is 9.47 Å². The van der Waals surface area contributed by atoms with Crippen LogP contribution in [0.1, 0.15) is 33.1 Å². The molecule has 0 bridgehead atoms. The fourth-order valence-electron chi connectivity index (χ4n) is 3.56. The van der Waals surface area contributed by atoms with Crippen molar-refractivity contribution in [2.45, 2.75) is 45.6 Å². The summed E-state index contributed by atoms with van der Waals surface area (Å²) in [6.07, 6.45) is 6.85. The number of rotatable bonds is 4. The van der Waals surface area contributed by atoms with E-state index in [0.717, 1.165) is 0 Å². The summed E-state index contributed by atoms with van der Waals surface area (Å²) in [6, 6.07) is 0. The molecule has 152 valence electrons. The molecule has 2 heterocycles. The van der Waals surface area contributed by atoms with Crippen molar-refractivity contribution < 1.29 is 26.3 Å². The van der Waals surface area contributed by atoms with Crippen molar-refractivity contribution in [1.82, 2.24) is 0 Å². The van der Waals surface area contributed by atoms with E-state index in [9.17, 15) is 16.8 Å². The normalized spacial score (nSPS) is 24.8. The highest BCUT2D eigenvalue weighted by molar-refractivity contribution is 7.75. The van der Waals surface area contributed by atoms with Crippen LogP contribution in [0.5, 0.6) is 0 Å². The number of fused-ring (bicyclic) bond motifs is 2. The molecule has 29 heavy (non-hydrogen) atoms. The van der Waals surface area contributed by atoms with Crippen molar-refractivity contribution >= 4 is 41.7 Å². The molecule has 0 radical (unpaired) electrons. The Bertz CT molecular complexity index is 1140. The summed E-state index contributed by atoms with van der Waals surface area (Å²) in [5, 5.41) is 0. The molecule has 2 aliphatic carbocycles. The van der Waals surface area contributed by atoms with E-state index >= 15 is 0 Å². The molecule has 2 unspecified atom stereocenters. The van der Waals surface area contributed by atoms with Crippen LogP contribution >= 0.6 is 0 Å². The number of allylic oxidation sites excluding steroid dienone is 8. The molecular weight excluding hydrogens is 416 g/mol. The summed E-state index contributed by atoms with van der Waals surface area (Å²) in [5.41, 5.74) is 1.98. The topological polar surface area (TPSA) is 111 Å². The fraction of sp³-hybridized carbons (Fsp3) is 0.368. The van der Waals surface area contributed by atoms with Gasteiger partial charge in [-0.2, -0.15) is 16.8 Å². The Morgan fingerprint density at radius 2 is 1.17 bits per heavy atom. The molecule has 4 aliphatic rings. The van der Waals surface area contributed by atoms with Crippen LogP contribution < -0.4 is 0 Å². The molecule has 10 heteroatoms. The molecule has 0 amide bonds. The zero-order chi connectivity index (χ0) is 20.7. The molecule has 0 spiro atoms. The molecule has 0 fully saturated rings. The minimum Gasteiger partial charge on any atom is -0.466 e. The molecule has 2 aliphatic heterocycles. The summed E-state index contributed by atoms with van der Waals surface area (Å²) < 4.78 is 58.3. The lowest BCUT2D eigenvalue weighted by Crippen LogP contribution is -2.20. The average Bonchev–Trinajstić information content (AvgIpc) is 3.28. The van der Waals surface area contributed by atoms with Crippen LogP contribution in [-0.2, 0) is 30.1 Å². The number of ether oxygens (including phenoxy) is 2. The quantitative estimate of drug-likeness (QED) is 0.621. The minimum absolute atomic E-state index is 0.150. The number of hydrogen-bond acceptors (Lipinski definition) is 8. The van der Waals surface area contributed by atoms with Gasteiger partial charge in [0, 0.05) is 0 Å². The molecule has 4 rings (SSSR count). The Morgan fingerprint density at radius 3 is 1.52 bits per heavy atom. The molecule has 0 saturated heterocycles. The third kappa shape index (κ3) is 3.42. The zero-order valence-electron chi connectivity index (χ0n) is 15.7. The van der Waals surface area contributed by atoms with Gasteiger partial charge in [-0.1, -0.05) is 26.0 Å². The van der Waals surface area contributed by atoms with E-state index in [4.69, 9.17) is 9.47 Å². The summed E-state index contributed by atoms with van der Waals surface area (Å²) in [4.78, 5) is 9.14. The van der Waals surface area contributed by atoms with Gasteiger partial charge in [-0.25, -0.2) is 9.98 Å². The van der Waals surface area contributed by atoms with Gasteiger partial charge in [-0.3, -0.25) is 0 Å². The smallest absolute Gasteiger partial charge is 0.224 e. The van der Waals surface area contributed by atoms with Crippen LogP contribution in [0, 0.1) is 0 Å². The molecule has 0 aromatic rings. The van der Waals surface area contributed by atoms with Crippen molar-refractivity contribution in [2.24, 2.45) is 9.98 Å². The van der Waals surface area contributed by atoms with Crippen molar-refractivity contribution in [3.05, 3.63) is 47.0 Å². The largest absolute Gasteiger partial charge is 0.466 e. The Kier molecular flexibility index (Phi) is 5.13. The first-order chi connectivity index (χ1) is 13.9. The van der Waals surface area contributed by atoms with Gasteiger partial charge in [0.1, 0.15) is 32.7 Å². The van der Waals surface area contributed by atoms with Crippen molar-refractivity contribution in [3.8, 4) is 0 Å². The van der Waals surface area contributed by atoms with E-state index in [1.165, 1.54) is 0 Å². The van der Waals surface area contributed by atoms with Gasteiger partial charge in [0.15, 0.2) is 12.5 Å². The van der Waals surface area contributed by atoms with Crippen LogP contribution in [0.3, 0.4) is 0 Å². The van der Waals surface area contributed by atoms with Crippen LogP contribution in [0.25, 0.3) is 0 Å². The third-order valence-electron chi connectivity index (χ3n) is 4.92. The molecule has 0 aromatic heterocycles. The van der Waals surface area contributed by atoms with Crippen molar-refractivity contribution in [1.29, 1.82) is 0 Å². The van der Waals surface area contributed by atoms with Crippen LogP contribution in [-0.4, -0.2) is 50.4 Å². The highest BCUT2D eigenvalue weighted by Gasteiger charge is 2.37. The molecule has 8 nitrogen and oxygen atoms in total. The Labute approximate surface area is 170 Å². The van der Waals surface area contributed by atoms with E-state index in [0.29, 0.717) is 46.9 Å². The van der Waals surface area contributed by atoms with Gasteiger partial charge in [0.25, 0.3) is 0 Å². The second-order valence-corrected chi connectivity index (χ2v) is 8.37. The molecular formula is C19H18N2O6S2. The lowest BCUT2D eigenvalue weighted by Gasteiger charge is -2.14. The number of hydrogen-bond donors (Lipinski definition) is 0. The highest BCUT2D eigenvalue weighted by atomic mass is 32.2. The number of nitrogens with zero attached hydrogens (tertiary/aromatic N) is 2. The molecule has 0 N–H and O–H groups in total. The number of aliphatic imine (C=N–C) groups is 2. The van der Waals surface area contributed by atoms with Crippen LogP contribution in [0.4, 0.5) is 0 Å². The van der Waals surface area contributed by atoms with Gasteiger partial charge in [-0.15, -0.1) is 0 Å². The predicted octanol–water partition coefficient (Wildman–Crippen LogP) is 1.54. The first kappa shape index (κ1) is 19.6. The van der Waals surface area contributed by atoms with E-state index < -0.39 is 33.0 Å². The summed E-state index contributed by atoms with van der Waals surface area (Å²) in [7, 11) is -4.87. The Morgan fingerprint density at radius 1 is 0.759 bits per heavy atom. The second kappa shape index (κ2) is 7.60. The van der Waals surface area contributed by atoms with E-state index in [1.54, 1.807) is 24.3 Å². The maximum absolute atomic E-state index is 11.7. The summed E-state index contributed by atoms with van der Waals surface area (Å²) >= 11 is 0. The van der Waals surface area contributed by atoms with Gasteiger partial charge in [0.05, 0.1) is 6.42 Å². The Balaban J connectivity index is 1.60. The maximum Gasteiger partial charge on any atom is 0.224 e. The highest BCUT2D eigenvalue weighted by Crippen LogP contribution is 2.31. The average molecular weight is 434 g/mol. The van der Waals surface area contributed by atoms with Crippen molar-refractivity contribution in [2.75, 3.05) is 0 Å². The predicted molar refractivity (Wildman–Crippen MR) is 110 cm³/mol. The fourth-order valence-corrected chi connectivity index (χ4v) is 5.04. The van der Waals surface area contributed by atoms with E-state index in [1.807, 2.05) is 13.8 Å². The first-order valence-corrected chi connectivity index (χ1v) is 11.3. The Hall–Kier alpha value is -2.72. The van der Waals surface area contributed by atoms with Gasteiger partial charge >= 0.3 is 0 Å². The standard InChI is InChI=1S/C19H18N2O6S2/c1-3-10-5-7-12-16(18(10)28(22)23)20-14(26-12)9-15-21-17-13(27-15)8-6-11(4-2)19(17)29(24)25/h5-8,14-15H,3-4,9H2,1-2H3. The third-order valence-corrected chi connectivity index (χ3v) is 6.50. The minimum atomic E-state index is -2.43. The zero-order valence-corrected chi connectivity index (χ0v) is 17.4. The summed E-state index contributed by atoms with van der Waals surface area (Å²) in [5.74, 6) is 0.799. The van der Waals surface area contributed by atoms with Crippen LogP contribution in [0.15, 0.2) is 57.0 Å². The molecule has 2 atom stereocenters. The molecule has 0 aromatic carbocycles. The lowest BCUT2D eigenvalue weighted by molar-refractivity contribution is 0.0721. The first-order valence-electron chi connectivity index (χ1n) is 9.18. The summed E-state index contributed by atoms with van der Waals surface area (Å²) in [6.45, 7) is 3.74. The second-order valence-electron chi connectivity index (χ2n) is 6.62.